The van der Waals surface area contributed by atoms with Crippen LogP contribution in [0.15, 0.2) is 48.2 Å². The van der Waals surface area contributed by atoms with Crippen LogP contribution in [-0.4, -0.2) is 24.0 Å². The van der Waals surface area contributed by atoms with Gasteiger partial charge in [0.05, 0.1) is 17.7 Å². The van der Waals surface area contributed by atoms with Crippen LogP contribution in [0.3, 0.4) is 0 Å². The zero-order valence-corrected chi connectivity index (χ0v) is 14.2. The van der Waals surface area contributed by atoms with Crippen LogP contribution in [0, 0.1) is 10.1 Å². The smallest absolute Gasteiger partial charge is 0.333 e. The molecule has 0 unspecified atom stereocenters. The van der Waals surface area contributed by atoms with E-state index in [1.165, 1.54) is 25.3 Å². The molecule has 1 aliphatic rings. The third-order valence-corrected chi connectivity index (χ3v) is 3.93. The number of anilines is 1. The molecule has 1 saturated heterocycles. The molecule has 0 aliphatic carbocycles. The normalized spacial score (nSPS) is 15.3. The molecule has 132 valence electrons. The van der Waals surface area contributed by atoms with E-state index >= 15 is 0 Å². The number of imide groups is 1. The van der Waals surface area contributed by atoms with Crippen molar-refractivity contribution in [1.29, 1.82) is 0 Å². The van der Waals surface area contributed by atoms with E-state index in [-0.39, 0.29) is 17.1 Å². The Morgan fingerprint density at radius 3 is 2.50 bits per heavy atom. The number of benzene rings is 2. The van der Waals surface area contributed by atoms with Gasteiger partial charge in [-0.05, 0) is 42.0 Å². The Morgan fingerprint density at radius 2 is 1.88 bits per heavy atom. The molecule has 0 aromatic heterocycles. The summed E-state index contributed by atoms with van der Waals surface area (Å²) in [6, 6.07) is 9.81. The number of urea groups is 1. The number of hydrogen-bond acceptors (Lipinski definition) is 5. The monoisotopic (exact) mass is 373 g/mol. The molecule has 3 rings (SSSR count). The molecule has 9 heteroatoms. The average molecular weight is 374 g/mol. The van der Waals surface area contributed by atoms with Gasteiger partial charge in [-0.1, -0.05) is 17.7 Å². The first kappa shape index (κ1) is 17.4. The van der Waals surface area contributed by atoms with Gasteiger partial charge in [-0.2, -0.15) is 0 Å². The number of halogens is 1. The molecule has 0 radical (unpaired) electrons. The number of nitrogens with one attached hydrogen (secondary N) is 1. The number of amides is 3. The maximum Gasteiger partial charge on any atom is 0.333 e. The molecular weight excluding hydrogens is 362 g/mol. The van der Waals surface area contributed by atoms with E-state index in [1.807, 2.05) is 0 Å². The third-order valence-electron chi connectivity index (χ3n) is 3.67. The van der Waals surface area contributed by atoms with Gasteiger partial charge < -0.3 is 10.1 Å². The Balaban J connectivity index is 1.94. The summed E-state index contributed by atoms with van der Waals surface area (Å²) in [4.78, 5) is 36.1. The lowest BCUT2D eigenvalue weighted by Crippen LogP contribution is -2.30. The first-order chi connectivity index (χ1) is 12.4. The SMILES string of the molecule is COc1ccc(/C=C2/NC(=O)N(c3ccc(Cl)cc3)C2=O)cc1[N+](=O)[O-]. The van der Waals surface area contributed by atoms with Crippen molar-refractivity contribution in [3.05, 3.63) is 68.9 Å². The van der Waals surface area contributed by atoms with Gasteiger partial charge in [-0.25, -0.2) is 9.69 Å². The van der Waals surface area contributed by atoms with Crippen LogP contribution in [0.25, 0.3) is 6.08 Å². The lowest BCUT2D eigenvalue weighted by Gasteiger charge is -2.11. The van der Waals surface area contributed by atoms with Gasteiger partial charge in [0.2, 0.25) is 0 Å². The van der Waals surface area contributed by atoms with Crippen LogP contribution < -0.4 is 15.0 Å². The fourth-order valence-electron chi connectivity index (χ4n) is 2.47. The molecule has 0 spiro atoms. The topological polar surface area (TPSA) is 102 Å². The van der Waals surface area contributed by atoms with E-state index in [0.29, 0.717) is 16.3 Å². The fourth-order valence-corrected chi connectivity index (χ4v) is 2.59. The summed E-state index contributed by atoms with van der Waals surface area (Å²) in [7, 11) is 1.32. The molecule has 1 heterocycles. The summed E-state index contributed by atoms with van der Waals surface area (Å²) in [6.07, 6.45) is 1.36. The van der Waals surface area contributed by atoms with E-state index < -0.39 is 16.9 Å². The molecule has 1 aliphatic heterocycles. The molecular formula is C17H12ClN3O5. The lowest BCUT2D eigenvalue weighted by atomic mass is 10.1. The predicted octanol–water partition coefficient (Wildman–Crippen LogP) is 3.35. The maximum absolute atomic E-state index is 12.5. The zero-order chi connectivity index (χ0) is 18.8. The van der Waals surface area contributed by atoms with E-state index in [9.17, 15) is 19.7 Å². The highest BCUT2D eigenvalue weighted by Crippen LogP contribution is 2.29. The van der Waals surface area contributed by atoms with E-state index in [2.05, 4.69) is 5.32 Å². The molecule has 0 bridgehead atoms. The molecule has 2 aromatic rings. The average Bonchev–Trinajstić information content (AvgIpc) is 2.89. The van der Waals surface area contributed by atoms with Gasteiger partial charge in [-0.15, -0.1) is 0 Å². The second kappa shape index (κ2) is 6.85. The van der Waals surface area contributed by atoms with Gasteiger partial charge in [0.1, 0.15) is 5.70 Å². The second-order valence-corrected chi connectivity index (χ2v) is 5.73. The van der Waals surface area contributed by atoms with Gasteiger partial charge in [0, 0.05) is 11.1 Å². The largest absolute Gasteiger partial charge is 0.490 e. The highest BCUT2D eigenvalue weighted by atomic mass is 35.5. The quantitative estimate of drug-likeness (QED) is 0.383. The molecule has 3 amide bonds. The highest BCUT2D eigenvalue weighted by molar-refractivity contribution is 6.31. The first-order valence-corrected chi connectivity index (χ1v) is 7.73. The number of methoxy groups -OCH3 is 1. The van der Waals surface area contributed by atoms with Crippen molar-refractivity contribution >= 4 is 41.0 Å². The van der Waals surface area contributed by atoms with Gasteiger partial charge in [-0.3, -0.25) is 14.9 Å². The summed E-state index contributed by atoms with van der Waals surface area (Å²) in [6.45, 7) is 0. The van der Waals surface area contributed by atoms with Crippen LogP contribution in [0.5, 0.6) is 5.75 Å². The lowest BCUT2D eigenvalue weighted by molar-refractivity contribution is -0.385. The Bertz CT molecular complexity index is 940. The Morgan fingerprint density at radius 1 is 1.19 bits per heavy atom. The summed E-state index contributed by atoms with van der Waals surface area (Å²) >= 11 is 5.81. The minimum absolute atomic E-state index is 0.00409. The Kier molecular flexibility index (Phi) is 4.59. The summed E-state index contributed by atoms with van der Waals surface area (Å²) in [5, 5.41) is 14.0. The van der Waals surface area contributed by atoms with E-state index in [1.54, 1.807) is 30.3 Å². The van der Waals surface area contributed by atoms with Crippen LogP contribution in [-0.2, 0) is 4.79 Å². The number of nitro benzene ring substituents is 1. The number of nitrogens with zero attached hydrogens (tertiary/aromatic N) is 2. The standard InChI is InChI=1S/C17H12ClN3O5/c1-26-15-7-2-10(9-14(15)21(24)25)8-13-16(22)20(17(23)19-13)12-5-3-11(18)4-6-12/h2-9H,1H3,(H,19,23)/b13-8+. The number of ether oxygens (including phenoxy) is 1. The summed E-state index contributed by atoms with van der Waals surface area (Å²) in [5.41, 5.74) is 0.498. The Hall–Kier alpha value is -3.39. The minimum Gasteiger partial charge on any atom is -0.490 e. The fraction of sp³-hybridized carbons (Fsp3) is 0.0588. The minimum atomic E-state index is -0.619. The van der Waals surface area contributed by atoms with Crippen molar-refractivity contribution in [2.45, 2.75) is 0 Å². The predicted molar refractivity (Wildman–Crippen MR) is 95.1 cm³/mol. The number of hydrogen-bond donors (Lipinski definition) is 1. The van der Waals surface area contributed by atoms with Crippen molar-refractivity contribution in [2.75, 3.05) is 12.0 Å². The highest BCUT2D eigenvalue weighted by Gasteiger charge is 2.34. The van der Waals surface area contributed by atoms with E-state index in [0.717, 1.165) is 4.90 Å². The number of carbonyl (C=O) groups excluding carboxylic acids is 2. The van der Waals surface area contributed by atoms with Gasteiger partial charge in [0.15, 0.2) is 5.75 Å². The van der Waals surface area contributed by atoms with Gasteiger partial charge in [0.25, 0.3) is 5.91 Å². The van der Waals surface area contributed by atoms with Crippen molar-refractivity contribution in [2.24, 2.45) is 0 Å². The molecule has 0 saturated carbocycles. The molecule has 2 aromatic carbocycles. The molecule has 0 atom stereocenters. The summed E-state index contributed by atoms with van der Waals surface area (Å²) < 4.78 is 4.94. The van der Waals surface area contributed by atoms with Gasteiger partial charge >= 0.3 is 11.7 Å². The molecule has 1 N–H and O–H groups in total. The molecule has 1 fully saturated rings. The van der Waals surface area contributed by atoms with Crippen LogP contribution in [0.2, 0.25) is 5.02 Å². The van der Waals surface area contributed by atoms with Crippen LogP contribution >= 0.6 is 11.6 Å². The van der Waals surface area contributed by atoms with Crippen molar-refractivity contribution in [1.82, 2.24) is 5.32 Å². The van der Waals surface area contributed by atoms with Crippen molar-refractivity contribution in [3.8, 4) is 5.75 Å². The van der Waals surface area contributed by atoms with Crippen molar-refractivity contribution in [3.63, 3.8) is 0 Å². The third kappa shape index (κ3) is 3.22. The number of rotatable bonds is 4. The van der Waals surface area contributed by atoms with E-state index in [4.69, 9.17) is 16.3 Å². The van der Waals surface area contributed by atoms with Crippen LogP contribution in [0.4, 0.5) is 16.2 Å². The second-order valence-electron chi connectivity index (χ2n) is 5.29. The summed E-state index contributed by atoms with van der Waals surface area (Å²) in [5.74, 6) is -0.475. The maximum atomic E-state index is 12.5. The zero-order valence-electron chi connectivity index (χ0n) is 13.4. The molecule has 26 heavy (non-hydrogen) atoms. The Labute approximate surface area is 152 Å². The number of carbonyl (C=O) groups is 2. The molecule has 8 nitrogen and oxygen atoms in total. The number of nitro groups is 1. The first-order valence-electron chi connectivity index (χ1n) is 7.36. The van der Waals surface area contributed by atoms with Crippen LogP contribution in [0.1, 0.15) is 5.56 Å². The van der Waals surface area contributed by atoms with Crippen molar-refractivity contribution < 1.29 is 19.2 Å².